The lowest BCUT2D eigenvalue weighted by Gasteiger charge is -2.32. The number of benzene rings is 3. The van der Waals surface area contributed by atoms with Crippen LogP contribution in [0.2, 0.25) is 5.02 Å². The lowest BCUT2D eigenvalue weighted by molar-refractivity contribution is -0.141. The molecule has 0 radical (unpaired) electrons. The summed E-state index contributed by atoms with van der Waals surface area (Å²) in [6, 6.07) is 26.2. The van der Waals surface area contributed by atoms with Gasteiger partial charge in [0.05, 0.1) is 4.90 Å². The van der Waals surface area contributed by atoms with Crippen molar-refractivity contribution >= 4 is 33.4 Å². The Morgan fingerprint density at radius 2 is 1.53 bits per heavy atom. The molecule has 1 atom stereocenters. The number of aryl methyl sites for hydroxylation is 1. The largest absolute Gasteiger partial charge is 0.350 e. The number of aromatic nitrogens is 1. The van der Waals surface area contributed by atoms with Gasteiger partial charge in [-0.1, -0.05) is 79.2 Å². The van der Waals surface area contributed by atoms with E-state index in [1.807, 2.05) is 54.6 Å². The van der Waals surface area contributed by atoms with E-state index in [9.17, 15) is 18.0 Å². The van der Waals surface area contributed by atoms with Crippen LogP contribution in [0.1, 0.15) is 35.6 Å². The standard InChI is InChI=1S/C33H35ClN4O4S/c1-2-37-43(41,42)30-17-12-25(13-18-30)14-19-32(39)38(24-27-10-15-29(34)16-11-27)31(21-26-7-4-3-5-8-26)33(40)36-23-28-9-6-20-35-22-28/h3-13,15-18,20,22,31,37H,2,14,19,21,23-24H2,1H3,(H,36,40)/t31-/m0/s1. The van der Waals surface area contributed by atoms with Crippen LogP contribution in [0.5, 0.6) is 0 Å². The van der Waals surface area contributed by atoms with Gasteiger partial charge in [0.1, 0.15) is 6.04 Å². The summed E-state index contributed by atoms with van der Waals surface area (Å²) in [5.74, 6) is -0.468. The van der Waals surface area contributed by atoms with Gasteiger partial charge in [-0.15, -0.1) is 0 Å². The third kappa shape index (κ3) is 9.47. The first-order valence-electron chi connectivity index (χ1n) is 14.1. The van der Waals surface area contributed by atoms with Crippen LogP contribution in [0.3, 0.4) is 0 Å². The Balaban J connectivity index is 1.58. The molecule has 10 heteroatoms. The van der Waals surface area contributed by atoms with Crippen LogP contribution >= 0.6 is 11.6 Å². The van der Waals surface area contributed by atoms with Gasteiger partial charge in [-0.05, 0) is 59.0 Å². The Kier molecular flexibility index (Phi) is 11.4. The van der Waals surface area contributed by atoms with E-state index in [0.717, 1.165) is 22.3 Å². The average molecular weight is 619 g/mol. The predicted octanol–water partition coefficient (Wildman–Crippen LogP) is 4.92. The van der Waals surface area contributed by atoms with Crippen molar-refractivity contribution in [1.29, 1.82) is 0 Å². The first-order chi connectivity index (χ1) is 20.7. The Labute approximate surface area is 258 Å². The molecule has 4 rings (SSSR count). The van der Waals surface area contributed by atoms with E-state index in [1.165, 1.54) is 12.1 Å². The van der Waals surface area contributed by atoms with Crippen molar-refractivity contribution < 1.29 is 18.0 Å². The van der Waals surface area contributed by atoms with Crippen LogP contribution < -0.4 is 10.0 Å². The summed E-state index contributed by atoms with van der Waals surface area (Å²) in [5, 5.41) is 3.58. The quantitative estimate of drug-likeness (QED) is 0.209. The summed E-state index contributed by atoms with van der Waals surface area (Å²) in [7, 11) is -3.57. The zero-order valence-corrected chi connectivity index (χ0v) is 25.5. The molecule has 0 saturated heterocycles. The third-order valence-electron chi connectivity index (χ3n) is 6.92. The Hall–Kier alpha value is -4.05. The van der Waals surface area contributed by atoms with E-state index < -0.39 is 16.1 Å². The summed E-state index contributed by atoms with van der Waals surface area (Å²) in [5.41, 5.74) is 3.43. The Morgan fingerprint density at radius 3 is 2.19 bits per heavy atom. The summed E-state index contributed by atoms with van der Waals surface area (Å²) in [6.07, 6.45) is 4.21. The number of carbonyl (C=O) groups is 2. The summed E-state index contributed by atoms with van der Waals surface area (Å²) in [6.45, 7) is 2.51. The third-order valence-corrected chi connectivity index (χ3v) is 8.74. The van der Waals surface area contributed by atoms with E-state index in [2.05, 4.69) is 15.0 Å². The second kappa shape index (κ2) is 15.4. The molecular formula is C33H35ClN4O4S. The van der Waals surface area contributed by atoms with E-state index in [4.69, 9.17) is 11.6 Å². The molecule has 4 aromatic rings. The number of rotatable bonds is 14. The zero-order valence-electron chi connectivity index (χ0n) is 23.9. The van der Waals surface area contributed by atoms with Gasteiger partial charge in [0.2, 0.25) is 21.8 Å². The number of sulfonamides is 1. The Bertz CT molecular complexity index is 1580. The molecule has 0 fully saturated rings. The second-order valence-corrected chi connectivity index (χ2v) is 12.3. The van der Waals surface area contributed by atoms with Crippen LogP contribution in [-0.2, 0) is 45.5 Å². The molecule has 0 saturated carbocycles. The number of nitrogens with one attached hydrogen (secondary N) is 2. The first-order valence-corrected chi connectivity index (χ1v) is 15.9. The molecule has 0 unspecified atom stereocenters. The topological polar surface area (TPSA) is 108 Å². The van der Waals surface area contributed by atoms with Crippen molar-refractivity contribution in [3.63, 3.8) is 0 Å². The lowest BCUT2D eigenvalue weighted by Crippen LogP contribution is -2.50. The van der Waals surface area contributed by atoms with Gasteiger partial charge in [-0.3, -0.25) is 14.6 Å². The monoisotopic (exact) mass is 618 g/mol. The maximum Gasteiger partial charge on any atom is 0.243 e. The number of hydrogen-bond acceptors (Lipinski definition) is 5. The summed E-state index contributed by atoms with van der Waals surface area (Å²) >= 11 is 6.11. The first kappa shape index (κ1) is 31.9. The number of pyridine rings is 1. The van der Waals surface area contributed by atoms with Crippen LogP contribution in [0.25, 0.3) is 0 Å². The molecule has 0 spiro atoms. The van der Waals surface area contributed by atoms with Crippen molar-refractivity contribution in [2.75, 3.05) is 6.54 Å². The molecule has 224 valence electrons. The maximum absolute atomic E-state index is 13.9. The van der Waals surface area contributed by atoms with Gasteiger partial charge in [-0.25, -0.2) is 13.1 Å². The van der Waals surface area contributed by atoms with Gasteiger partial charge < -0.3 is 10.2 Å². The minimum atomic E-state index is -3.57. The molecule has 2 amide bonds. The highest BCUT2D eigenvalue weighted by Gasteiger charge is 2.30. The minimum absolute atomic E-state index is 0.133. The van der Waals surface area contributed by atoms with Crippen LogP contribution in [0.4, 0.5) is 0 Å². The number of nitrogens with zero attached hydrogens (tertiary/aromatic N) is 2. The SMILES string of the molecule is CCNS(=O)(=O)c1ccc(CCC(=O)N(Cc2ccc(Cl)cc2)[C@@H](Cc2ccccc2)C(=O)NCc2cccnc2)cc1. The fourth-order valence-corrected chi connectivity index (χ4v) is 5.82. The van der Waals surface area contributed by atoms with Gasteiger partial charge >= 0.3 is 0 Å². The molecule has 1 aromatic heterocycles. The van der Waals surface area contributed by atoms with Gasteiger partial charge in [0, 0.05) is 49.9 Å². The average Bonchev–Trinajstić information content (AvgIpc) is 3.02. The number of carbonyl (C=O) groups excluding carboxylic acids is 2. The molecule has 0 aliphatic carbocycles. The van der Waals surface area contributed by atoms with E-state index in [-0.39, 0.29) is 36.2 Å². The van der Waals surface area contributed by atoms with Gasteiger partial charge in [0.15, 0.2) is 0 Å². The number of hydrogen-bond donors (Lipinski definition) is 2. The molecule has 0 aliphatic heterocycles. The van der Waals surface area contributed by atoms with Crippen LogP contribution in [0, 0.1) is 0 Å². The highest BCUT2D eigenvalue weighted by molar-refractivity contribution is 7.89. The smallest absolute Gasteiger partial charge is 0.243 e. The van der Waals surface area contributed by atoms with Crippen molar-refractivity contribution in [2.45, 2.75) is 50.2 Å². The fraction of sp³-hybridized carbons (Fsp3) is 0.242. The molecule has 2 N–H and O–H groups in total. The molecule has 8 nitrogen and oxygen atoms in total. The normalized spacial score (nSPS) is 12.0. The second-order valence-electron chi connectivity index (χ2n) is 10.1. The van der Waals surface area contributed by atoms with Crippen LogP contribution in [0.15, 0.2) is 108 Å². The number of halogens is 1. The zero-order chi connectivity index (χ0) is 30.7. The Morgan fingerprint density at radius 1 is 0.860 bits per heavy atom. The molecular weight excluding hydrogens is 584 g/mol. The highest BCUT2D eigenvalue weighted by atomic mass is 35.5. The van der Waals surface area contributed by atoms with Crippen LogP contribution in [-0.4, -0.2) is 42.7 Å². The molecule has 3 aromatic carbocycles. The van der Waals surface area contributed by atoms with Crippen molar-refractivity contribution in [3.8, 4) is 0 Å². The van der Waals surface area contributed by atoms with E-state index >= 15 is 0 Å². The van der Waals surface area contributed by atoms with Crippen molar-refractivity contribution in [2.24, 2.45) is 0 Å². The summed E-state index contributed by atoms with van der Waals surface area (Å²) in [4.78, 5) is 33.6. The fourth-order valence-electron chi connectivity index (χ4n) is 4.65. The lowest BCUT2D eigenvalue weighted by atomic mass is 10.0. The minimum Gasteiger partial charge on any atom is -0.350 e. The predicted molar refractivity (Wildman–Crippen MR) is 168 cm³/mol. The maximum atomic E-state index is 13.9. The molecule has 1 heterocycles. The van der Waals surface area contributed by atoms with Gasteiger partial charge in [-0.2, -0.15) is 0 Å². The van der Waals surface area contributed by atoms with E-state index in [1.54, 1.807) is 48.5 Å². The summed E-state index contributed by atoms with van der Waals surface area (Å²) < 4.78 is 27.1. The van der Waals surface area contributed by atoms with Crippen molar-refractivity contribution in [3.05, 3.63) is 131 Å². The highest BCUT2D eigenvalue weighted by Crippen LogP contribution is 2.19. The van der Waals surface area contributed by atoms with Gasteiger partial charge in [0.25, 0.3) is 0 Å². The molecule has 0 aliphatic rings. The number of amides is 2. The van der Waals surface area contributed by atoms with Crippen molar-refractivity contribution in [1.82, 2.24) is 19.9 Å². The molecule has 0 bridgehead atoms. The molecule has 43 heavy (non-hydrogen) atoms. The van der Waals surface area contributed by atoms with E-state index in [0.29, 0.717) is 24.4 Å².